The van der Waals surface area contributed by atoms with Gasteiger partial charge in [0.15, 0.2) is 16.7 Å². The van der Waals surface area contributed by atoms with Crippen LogP contribution in [0.3, 0.4) is 0 Å². The quantitative estimate of drug-likeness (QED) is 0.254. The second-order valence-electron chi connectivity index (χ2n) is 8.01. The lowest BCUT2D eigenvalue weighted by Gasteiger charge is -2.13. The molecule has 1 saturated heterocycles. The molecule has 37 heavy (non-hydrogen) atoms. The molecule has 0 aliphatic carbocycles. The van der Waals surface area contributed by atoms with Crippen LogP contribution in [0, 0.1) is 0 Å². The number of methoxy groups -OCH3 is 1. The number of likely N-dealkylation sites (N-methyl/N-ethyl adjacent to an activating group) is 1. The Morgan fingerprint density at radius 2 is 1.73 bits per heavy atom. The van der Waals surface area contributed by atoms with Crippen molar-refractivity contribution in [1.82, 2.24) is 4.90 Å². The zero-order chi connectivity index (χ0) is 26.2. The number of carbonyl (C=O) groups excluding carboxylic acids is 2. The second kappa shape index (κ2) is 12.3. The highest BCUT2D eigenvalue weighted by atomic mass is 32.2. The lowest BCUT2D eigenvalue weighted by atomic mass is 10.1. The van der Waals surface area contributed by atoms with Gasteiger partial charge in [-0.1, -0.05) is 36.4 Å². The Bertz CT molecular complexity index is 1320. The van der Waals surface area contributed by atoms with E-state index in [0.717, 1.165) is 11.1 Å². The average molecular weight is 517 g/mol. The topological polar surface area (TPSA) is 77.4 Å². The number of carbonyl (C=O) groups is 2. The fourth-order valence-electron chi connectivity index (χ4n) is 3.66. The smallest absolute Gasteiger partial charge is 0.337 e. The third-order valence-corrected chi connectivity index (χ3v) is 6.53. The Kier molecular flexibility index (Phi) is 8.64. The van der Waals surface area contributed by atoms with Crippen LogP contribution in [0.15, 0.2) is 82.7 Å². The summed E-state index contributed by atoms with van der Waals surface area (Å²) in [5.41, 5.74) is 2.97. The molecule has 0 spiro atoms. The highest BCUT2D eigenvalue weighted by Crippen LogP contribution is 2.36. The van der Waals surface area contributed by atoms with Gasteiger partial charge in [-0.2, -0.15) is 0 Å². The summed E-state index contributed by atoms with van der Waals surface area (Å²) in [6.45, 7) is 5.23. The van der Waals surface area contributed by atoms with Crippen molar-refractivity contribution in [1.29, 1.82) is 0 Å². The Morgan fingerprint density at radius 1 is 0.973 bits per heavy atom. The minimum absolute atomic E-state index is 0.111. The summed E-state index contributed by atoms with van der Waals surface area (Å²) in [4.78, 5) is 31.6. The van der Waals surface area contributed by atoms with Crippen LogP contribution in [0.25, 0.3) is 6.08 Å². The number of benzene rings is 3. The minimum Gasteiger partial charge on any atom is -0.490 e. The first-order chi connectivity index (χ1) is 18.0. The van der Waals surface area contributed by atoms with E-state index in [0.29, 0.717) is 52.6 Å². The van der Waals surface area contributed by atoms with Crippen molar-refractivity contribution in [3.8, 4) is 11.5 Å². The van der Waals surface area contributed by atoms with Gasteiger partial charge in [-0.05, 0) is 79.2 Å². The van der Waals surface area contributed by atoms with Crippen LogP contribution in [0.2, 0.25) is 0 Å². The SMILES string of the molecule is CCOc1cc(/C=C2/SC(=Nc3ccc(C(=O)OC)cc3)N(CC)C2=O)ccc1OCc1ccccc1. The van der Waals surface area contributed by atoms with Crippen molar-refractivity contribution in [2.24, 2.45) is 4.99 Å². The van der Waals surface area contributed by atoms with Crippen LogP contribution < -0.4 is 9.47 Å². The first-order valence-electron chi connectivity index (χ1n) is 11.9. The van der Waals surface area contributed by atoms with E-state index in [-0.39, 0.29) is 5.91 Å². The molecule has 1 fully saturated rings. The Hall–Kier alpha value is -4.04. The van der Waals surface area contributed by atoms with Crippen LogP contribution in [-0.4, -0.2) is 42.2 Å². The summed E-state index contributed by atoms with van der Waals surface area (Å²) in [6.07, 6.45) is 1.84. The summed E-state index contributed by atoms with van der Waals surface area (Å²) >= 11 is 1.31. The van der Waals surface area contributed by atoms with Gasteiger partial charge in [0.25, 0.3) is 5.91 Å². The average Bonchev–Trinajstić information content (AvgIpc) is 3.22. The molecule has 0 N–H and O–H groups in total. The molecule has 190 valence electrons. The summed E-state index contributed by atoms with van der Waals surface area (Å²) in [5.74, 6) is 0.744. The largest absolute Gasteiger partial charge is 0.490 e. The number of ether oxygens (including phenoxy) is 3. The van der Waals surface area contributed by atoms with Crippen molar-refractivity contribution in [2.45, 2.75) is 20.5 Å². The summed E-state index contributed by atoms with van der Waals surface area (Å²) < 4.78 is 16.6. The van der Waals surface area contributed by atoms with Gasteiger partial charge >= 0.3 is 5.97 Å². The van der Waals surface area contributed by atoms with Gasteiger partial charge in [0, 0.05) is 6.54 Å². The number of amidine groups is 1. The molecule has 4 rings (SSSR count). The van der Waals surface area contributed by atoms with Gasteiger partial charge in [-0.25, -0.2) is 9.79 Å². The van der Waals surface area contributed by atoms with Crippen LogP contribution in [0.4, 0.5) is 5.69 Å². The monoisotopic (exact) mass is 516 g/mol. The zero-order valence-corrected chi connectivity index (χ0v) is 21.8. The molecule has 7 nitrogen and oxygen atoms in total. The van der Waals surface area contributed by atoms with E-state index in [1.54, 1.807) is 29.2 Å². The van der Waals surface area contributed by atoms with Crippen LogP contribution in [0.5, 0.6) is 11.5 Å². The van der Waals surface area contributed by atoms with Crippen LogP contribution in [-0.2, 0) is 16.1 Å². The zero-order valence-electron chi connectivity index (χ0n) is 21.0. The van der Waals surface area contributed by atoms with Crippen molar-refractivity contribution in [3.63, 3.8) is 0 Å². The Morgan fingerprint density at radius 3 is 2.41 bits per heavy atom. The number of hydrogen-bond acceptors (Lipinski definition) is 7. The van der Waals surface area contributed by atoms with Gasteiger partial charge in [0.05, 0.1) is 29.9 Å². The third kappa shape index (κ3) is 6.40. The predicted molar refractivity (Wildman–Crippen MR) is 146 cm³/mol. The molecule has 3 aromatic carbocycles. The highest BCUT2D eigenvalue weighted by molar-refractivity contribution is 8.18. The molecule has 1 amide bonds. The molecular formula is C29H28N2O5S. The van der Waals surface area contributed by atoms with E-state index < -0.39 is 5.97 Å². The van der Waals surface area contributed by atoms with Crippen molar-refractivity contribution in [3.05, 3.63) is 94.4 Å². The molecule has 1 aliphatic heterocycles. The molecule has 0 atom stereocenters. The van der Waals surface area contributed by atoms with E-state index in [9.17, 15) is 9.59 Å². The maximum absolute atomic E-state index is 13.1. The first kappa shape index (κ1) is 26.0. The number of hydrogen-bond donors (Lipinski definition) is 0. The van der Waals surface area contributed by atoms with E-state index in [1.165, 1.54) is 18.9 Å². The Labute approximate surface area is 220 Å². The van der Waals surface area contributed by atoms with Gasteiger partial charge in [-0.15, -0.1) is 0 Å². The molecule has 0 bridgehead atoms. The van der Waals surface area contributed by atoms with Crippen LogP contribution >= 0.6 is 11.8 Å². The summed E-state index contributed by atoms with van der Waals surface area (Å²) in [6, 6.07) is 22.3. The molecule has 0 saturated carbocycles. The predicted octanol–water partition coefficient (Wildman–Crippen LogP) is 6.07. The normalized spacial score (nSPS) is 15.3. The molecule has 1 aliphatic rings. The third-order valence-electron chi connectivity index (χ3n) is 5.52. The molecule has 1 heterocycles. The van der Waals surface area contributed by atoms with E-state index in [2.05, 4.69) is 4.99 Å². The maximum atomic E-state index is 13.1. The molecule has 0 aromatic heterocycles. The van der Waals surface area contributed by atoms with Gasteiger partial charge in [0.1, 0.15) is 6.61 Å². The number of rotatable bonds is 9. The number of thioether (sulfide) groups is 1. The minimum atomic E-state index is -0.409. The van der Waals surface area contributed by atoms with Gasteiger partial charge in [0.2, 0.25) is 0 Å². The fourth-order valence-corrected chi connectivity index (χ4v) is 4.72. The Balaban J connectivity index is 1.55. The lowest BCUT2D eigenvalue weighted by molar-refractivity contribution is -0.122. The van der Waals surface area contributed by atoms with Crippen molar-refractivity contribution < 1.29 is 23.8 Å². The van der Waals surface area contributed by atoms with E-state index >= 15 is 0 Å². The standard InChI is InChI=1S/C29H28N2O5S/c1-4-31-27(32)26(37-29(31)30-23-14-12-22(13-15-23)28(33)34-3)18-21-11-16-24(25(17-21)35-5-2)36-19-20-9-7-6-8-10-20/h6-18H,4-5,19H2,1-3H3/b26-18+,30-29?. The molecule has 3 aromatic rings. The highest BCUT2D eigenvalue weighted by Gasteiger charge is 2.32. The first-order valence-corrected chi connectivity index (χ1v) is 12.8. The number of aliphatic imine (C=N–C) groups is 1. The second-order valence-corrected chi connectivity index (χ2v) is 9.02. The van der Waals surface area contributed by atoms with E-state index in [1.807, 2.05) is 68.5 Å². The van der Waals surface area contributed by atoms with Gasteiger partial charge in [-0.3, -0.25) is 9.69 Å². The molecular weight excluding hydrogens is 488 g/mol. The van der Waals surface area contributed by atoms with Crippen molar-refractivity contribution in [2.75, 3.05) is 20.3 Å². The van der Waals surface area contributed by atoms with Crippen molar-refractivity contribution >= 4 is 40.6 Å². The number of esters is 1. The molecule has 0 radical (unpaired) electrons. The number of amides is 1. The lowest BCUT2D eigenvalue weighted by Crippen LogP contribution is -2.28. The number of nitrogens with zero attached hydrogens (tertiary/aromatic N) is 2. The van der Waals surface area contributed by atoms with Crippen LogP contribution in [0.1, 0.15) is 35.3 Å². The summed E-state index contributed by atoms with van der Waals surface area (Å²) in [5, 5.41) is 0.581. The molecule has 8 heteroatoms. The molecule has 0 unspecified atom stereocenters. The van der Waals surface area contributed by atoms with Gasteiger partial charge < -0.3 is 14.2 Å². The van der Waals surface area contributed by atoms with E-state index in [4.69, 9.17) is 14.2 Å². The maximum Gasteiger partial charge on any atom is 0.337 e. The fraction of sp³-hybridized carbons (Fsp3) is 0.207. The summed E-state index contributed by atoms with van der Waals surface area (Å²) in [7, 11) is 1.34.